The maximum atomic E-state index is 12.7. The average Bonchev–Trinajstić information content (AvgIpc) is 3.27. The lowest BCUT2D eigenvalue weighted by molar-refractivity contribution is 0.0409. The Bertz CT molecular complexity index is 1590. The quantitative estimate of drug-likeness (QED) is 0.206. The van der Waals surface area contributed by atoms with Crippen molar-refractivity contribution in [2.24, 2.45) is 0 Å². The van der Waals surface area contributed by atoms with Gasteiger partial charge in [0.1, 0.15) is 22.8 Å². The molecule has 5 rings (SSSR count). The second-order valence-corrected chi connectivity index (χ2v) is 11.5. The third-order valence-electron chi connectivity index (χ3n) is 7.54. The lowest BCUT2D eigenvalue weighted by Crippen LogP contribution is -2.38. The van der Waals surface area contributed by atoms with Crippen LogP contribution < -0.4 is 19.1 Å². The molecule has 2 aromatic carbocycles. The molecule has 1 aliphatic rings. The van der Waals surface area contributed by atoms with Crippen molar-refractivity contribution in [1.82, 2.24) is 9.97 Å². The summed E-state index contributed by atoms with van der Waals surface area (Å²) in [5, 5.41) is 9.81. The molecular formula is C31H32N2O6S. The van der Waals surface area contributed by atoms with Crippen molar-refractivity contribution < 1.29 is 24.1 Å². The van der Waals surface area contributed by atoms with E-state index in [9.17, 15) is 14.7 Å². The molecule has 0 aliphatic carbocycles. The van der Waals surface area contributed by atoms with Crippen molar-refractivity contribution in [3.63, 3.8) is 0 Å². The summed E-state index contributed by atoms with van der Waals surface area (Å²) < 4.78 is 18.5. The van der Waals surface area contributed by atoms with E-state index < -0.39 is 11.6 Å². The number of ether oxygens (including phenoxy) is 3. The highest BCUT2D eigenvalue weighted by atomic mass is 32.1. The number of nitrogens with one attached hydrogen (secondary N) is 1. The molecule has 0 radical (unpaired) electrons. The van der Waals surface area contributed by atoms with Crippen LogP contribution in [0.5, 0.6) is 23.1 Å². The molecule has 40 heavy (non-hydrogen) atoms. The first-order valence-electron chi connectivity index (χ1n) is 13.2. The lowest BCUT2D eigenvalue weighted by atomic mass is 9.85. The fourth-order valence-electron chi connectivity index (χ4n) is 4.99. The van der Waals surface area contributed by atoms with Gasteiger partial charge in [-0.05, 0) is 87.1 Å². The predicted octanol–water partition coefficient (Wildman–Crippen LogP) is 5.83. The van der Waals surface area contributed by atoms with Crippen LogP contribution in [0.2, 0.25) is 0 Å². The number of carbonyl (C=O) groups is 1. The van der Waals surface area contributed by atoms with Gasteiger partial charge in [-0.25, -0.2) is 4.79 Å². The summed E-state index contributed by atoms with van der Waals surface area (Å²) >= 11 is 1.01. The van der Waals surface area contributed by atoms with E-state index in [4.69, 9.17) is 14.2 Å². The Morgan fingerprint density at radius 3 is 2.60 bits per heavy atom. The van der Waals surface area contributed by atoms with Gasteiger partial charge in [0.15, 0.2) is 0 Å². The maximum absolute atomic E-state index is 12.7. The van der Waals surface area contributed by atoms with Gasteiger partial charge >= 0.3 is 10.8 Å². The van der Waals surface area contributed by atoms with Gasteiger partial charge in [-0.15, -0.1) is 0 Å². The molecule has 0 saturated heterocycles. The first-order valence-corrected chi connectivity index (χ1v) is 14.0. The van der Waals surface area contributed by atoms with Gasteiger partial charge in [-0.2, -0.15) is 0 Å². The fourth-order valence-corrected chi connectivity index (χ4v) is 5.75. The van der Waals surface area contributed by atoms with E-state index in [1.54, 1.807) is 18.3 Å². The molecule has 0 fully saturated rings. The molecule has 0 saturated carbocycles. The van der Waals surface area contributed by atoms with E-state index in [0.717, 1.165) is 63.5 Å². The molecule has 4 aromatic rings. The van der Waals surface area contributed by atoms with Crippen LogP contribution in [0.3, 0.4) is 0 Å². The number of H-pyrrole nitrogens is 1. The number of hydrogen-bond acceptors (Lipinski definition) is 8. The number of benzene rings is 2. The Morgan fingerprint density at radius 1 is 1.15 bits per heavy atom. The summed E-state index contributed by atoms with van der Waals surface area (Å²) in [7, 11) is 0. The molecule has 0 amide bonds. The Labute approximate surface area is 236 Å². The summed E-state index contributed by atoms with van der Waals surface area (Å²) in [4.78, 5) is 30.9. The van der Waals surface area contributed by atoms with Gasteiger partial charge in [-0.3, -0.25) is 14.8 Å². The highest BCUT2D eigenvalue weighted by molar-refractivity contribution is 7.09. The molecule has 2 aromatic heterocycles. The number of aromatic hydroxyl groups is 1. The Kier molecular flexibility index (Phi) is 7.67. The largest absolute Gasteiger partial charge is 0.494 e. The van der Waals surface area contributed by atoms with Crippen LogP contribution in [0, 0.1) is 20.8 Å². The topological polar surface area (TPSA) is 111 Å². The highest BCUT2D eigenvalue weighted by Gasteiger charge is 2.35. The number of nitrogens with zero attached hydrogens (tertiary/aromatic N) is 1. The number of pyridine rings is 1. The summed E-state index contributed by atoms with van der Waals surface area (Å²) in [6, 6.07) is 11.1. The smallest absolute Gasteiger partial charge is 0.345 e. The van der Waals surface area contributed by atoms with E-state index in [2.05, 4.69) is 16.9 Å². The van der Waals surface area contributed by atoms with E-state index in [1.165, 1.54) is 6.20 Å². The van der Waals surface area contributed by atoms with E-state index in [1.807, 2.05) is 45.0 Å². The van der Waals surface area contributed by atoms with Gasteiger partial charge < -0.3 is 19.3 Å². The van der Waals surface area contributed by atoms with Crippen molar-refractivity contribution >= 4 is 17.3 Å². The lowest BCUT2D eigenvalue weighted by Gasteiger charge is -2.38. The minimum atomic E-state index is -0.426. The van der Waals surface area contributed by atoms with Crippen molar-refractivity contribution in [1.29, 1.82) is 0 Å². The number of esters is 1. The van der Waals surface area contributed by atoms with Gasteiger partial charge in [0, 0.05) is 30.8 Å². The second kappa shape index (κ2) is 11.2. The zero-order chi connectivity index (χ0) is 28.4. The maximum Gasteiger partial charge on any atom is 0.345 e. The zero-order valence-electron chi connectivity index (χ0n) is 23.0. The van der Waals surface area contributed by atoms with Crippen LogP contribution in [0.15, 0.2) is 53.6 Å². The number of carbonyl (C=O) groups excluding carboxylic acids is 1. The van der Waals surface area contributed by atoms with Crippen molar-refractivity contribution in [3.05, 3.63) is 96.7 Å². The predicted molar refractivity (Wildman–Crippen MR) is 153 cm³/mol. The summed E-state index contributed by atoms with van der Waals surface area (Å²) in [5.41, 5.74) is 4.84. The number of hydrogen-bond donors (Lipinski definition) is 2. The molecule has 0 bridgehead atoms. The van der Waals surface area contributed by atoms with Gasteiger partial charge in [0.2, 0.25) is 5.88 Å². The van der Waals surface area contributed by atoms with Crippen LogP contribution in [-0.2, 0) is 12.8 Å². The number of fused-ring (bicyclic) bond motifs is 1. The normalized spacial score (nSPS) is 16.2. The van der Waals surface area contributed by atoms with Crippen LogP contribution in [0.1, 0.15) is 62.8 Å². The van der Waals surface area contributed by atoms with Crippen LogP contribution in [-0.4, -0.2) is 33.3 Å². The minimum Gasteiger partial charge on any atom is -0.494 e. The summed E-state index contributed by atoms with van der Waals surface area (Å²) in [6.07, 6.45) is 5.92. The Morgan fingerprint density at radius 2 is 1.93 bits per heavy atom. The van der Waals surface area contributed by atoms with Gasteiger partial charge in [-0.1, -0.05) is 23.5 Å². The first-order chi connectivity index (χ1) is 19.1. The average molecular weight is 561 g/mol. The number of aromatic nitrogens is 2. The third kappa shape index (κ3) is 5.74. The highest BCUT2D eigenvalue weighted by Crippen LogP contribution is 2.44. The molecule has 9 heteroatoms. The van der Waals surface area contributed by atoms with Crippen LogP contribution in [0.4, 0.5) is 0 Å². The first kappa shape index (κ1) is 27.5. The van der Waals surface area contributed by atoms with E-state index in [-0.39, 0.29) is 10.8 Å². The van der Waals surface area contributed by atoms with E-state index in [0.29, 0.717) is 35.6 Å². The molecule has 208 valence electrons. The van der Waals surface area contributed by atoms with Crippen LogP contribution >= 0.6 is 11.3 Å². The van der Waals surface area contributed by atoms with Crippen LogP contribution in [0.25, 0.3) is 0 Å². The monoisotopic (exact) mass is 560 g/mol. The summed E-state index contributed by atoms with van der Waals surface area (Å²) in [6.45, 7) is 8.54. The van der Waals surface area contributed by atoms with E-state index >= 15 is 0 Å². The number of rotatable bonds is 8. The number of thiazole rings is 1. The Balaban J connectivity index is 1.22. The molecule has 1 unspecified atom stereocenters. The molecule has 1 atom stereocenters. The Hall–Kier alpha value is -4.11. The zero-order valence-corrected chi connectivity index (χ0v) is 23.8. The molecular weight excluding hydrogens is 528 g/mol. The molecule has 0 spiro atoms. The molecule has 3 heterocycles. The molecule has 8 nitrogen and oxygen atoms in total. The fraction of sp³-hybridized carbons (Fsp3) is 0.323. The second-order valence-electron chi connectivity index (χ2n) is 10.4. The van der Waals surface area contributed by atoms with Crippen molar-refractivity contribution in [2.45, 2.75) is 59.0 Å². The van der Waals surface area contributed by atoms with Crippen molar-refractivity contribution in [3.8, 4) is 23.1 Å². The molecule has 2 N–H and O–H groups in total. The van der Waals surface area contributed by atoms with Crippen molar-refractivity contribution in [2.75, 3.05) is 6.61 Å². The minimum absolute atomic E-state index is 0.0692. The standard InChI is InChI=1S/C31H32N2O6S/c1-18-19(2)27-24(20(3)26(18)38-29(35)22-6-5-14-32-17-22)11-12-31(4,39-27)13-15-37-23-9-7-21(8-10-23)16-25-28(34)33-30(36)40-25/h5-10,14,17,34H,11-13,15-16H2,1-4H3,(H,33,36). The number of aromatic amines is 1. The summed E-state index contributed by atoms with van der Waals surface area (Å²) in [5.74, 6) is 1.71. The third-order valence-corrected chi connectivity index (χ3v) is 8.42. The molecule has 1 aliphatic heterocycles. The van der Waals surface area contributed by atoms with Gasteiger partial charge in [0.25, 0.3) is 0 Å². The SMILES string of the molecule is Cc1c(C)c2c(c(C)c1OC(=O)c1cccnc1)CCC(C)(CCOc1ccc(Cc3sc(=O)[nH]c3O)cc1)O2. The van der Waals surface area contributed by atoms with Gasteiger partial charge in [0.05, 0.1) is 17.0 Å².